The van der Waals surface area contributed by atoms with Crippen molar-refractivity contribution in [3.8, 4) is 0 Å². The van der Waals surface area contributed by atoms with Crippen LogP contribution in [-0.4, -0.2) is 13.4 Å². The Morgan fingerprint density at radius 1 is 1.25 bits per heavy atom. The molecule has 0 spiro atoms. The second-order valence-corrected chi connectivity index (χ2v) is 6.12. The summed E-state index contributed by atoms with van der Waals surface area (Å²) in [7, 11) is -3.61. The molecule has 5 nitrogen and oxygen atoms in total. The van der Waals surface area contributed by atoms with Crippen LogP contribution in [0.1, 0.15) is 24.9 Å². The van der Waals surface area contributed by atoms with E-state index in [1.54, 1.807) is 0 Å². The third-order valence-electron chi connectivity index (χ3n) is 2.97. The number of hydrogen-bond acceptors (Lipinski definition) is 4. The van der Waals surface area contributed by atoms with Gasteiger partial charge in [-0.3, -0.25) is 0 Å². The van der Waals surface area contributed by atoms with Crippen molar-refractivity contribution in [1.82, 2.24) is 9.71 Å². The number of nitrogens with two attached hydrogens (primary N) is 1. The Morgan fingerprint density at radius 2 is 1.95 bits per heavy atom. The van der Waals surface area contributed by atoms with Crippen LogP contribution >= 0.6 is 0 Å². The Hall–Kier alpha value is -1.92. The van der Waals surface area contributed by atoms with Crippen LogP contribution in [0.2, 0.25) is 0 Å². The monoisotopic (exact) mass is 291 g/mol. The van der Waals surface area contributed by atoms with Crippen LogP contribution in [0.25, 0.3) is 0 Å². The second-order valence-electron chi connectivity index (χ2n) is 4.41. The molecule has 6 heteroatoms. The van der Waals surface area contributed by atoms with Crippen LogP contribution in [0.5, 0.6) is 0 Å². The highest BCUT2D eigenvalue weighted by atomic mass is 32.2. The molecular weight excluding hydrogens is 274 g/mol. The van der Waals surface area contributed by atoms with Gasteiger partial charge in [0.2, 0.25) is 10.0 Å². The molecule has 0 aliphatic carbocycles. The number of sulfonamides is 1. The van der Waals surface area contributed by atoms with E-state index in [0.29, 0.717) is 6.42 Å². The summed E-state index contributed by atoms with van der Waals surface area (Å²) in [5, 5.41) is 0. The minimum atomic E-state index is -3.61. The standard InChI is InChI=1S/C14H17N3O2S/c1-2-13(11-6-4-3-5-7-11)17-20(18,19)12-8-9-16-14(15)10-12/h3-10,13,17H,2H2,1H3,(H2,15,16). The summed E-state index contributed by atoms with van der Waals surface area (Å²) in [6, 6.07) is 12.0. The number of nitrogen functional groups attached to an aromatic ring is 1. The number of rotatable bonds is 5. The first-order valence-corrected chi connectivity index (χ1v) is 7.80. The first-order chi connectivity index (χ1) is 9.53. The van der Waals surface area contributed by atoms with Crippen LogP contribution in [-0.2, 0) is 10.0 Å². The number of benzene rings is 1. The average Bonchev–Trinajstić information content (AvgIpc) is 2.46. The van der Waals surface area contributed by atoms with Crippen LogP contribution in [0, 0.1) is 0 Å². The number of pyridine rings is 1. The lowest BCUT2D eigenvalue weighted by molar-refractivity contribution is 0.550. The van der Waals surface area contributed by atoms with E-state index in [2.05, 4.69) is 9.71 Å². The van der Waals surface area contributed by atoms with Gasteiger partial charge in [0.15, 0.2) is 0 Å². The van der Waals surface area contributed by atoms with Crippen LogP contribution in [0.3, 0.4) is 0 Å². The highest BCUT2D eigenvalue weighted by Gasteiger charge is 2.20. The molecule has 1 atom stereocenters. The molecule has 1 heterocycles. The summed E-state index contributed by atoms with van der Waals surface area (Å²) in [5.74, 6) is 0.181. The van der Waals surface area contributed by atoms with Gasteiger partial charge in [-0.2, -0.15) is 0 Å². The van der Waals surface area contributed by atoms with E-state index in [1.807, 2.05) is 37.3 Å². The summed E-state index contributed by atoms with van der Waals surface area (Å²) >= 11 is 0. The second kappa shape index (κ2) is 6.02. The van der Waals surface area contributed by atoms with Gasteiger partial charge in [-0.15, -0.1) is 0 Å². The zero-order valence-corrected chi connectivity index (χ0v) is 12.0. The Morgan fingerprint density at radius 3 is 2.55 bits per heavy atom. The smallest absolute Gasteiger partial charge is 0.241 e. The summed E-state index contributed by atoms with van der Waals surface area (Å²) in [6.45, 7) is 1.93. The molecule has 1 unspecified atom stereocenters. The lowest BCUT2D eigenvalue weighted by Gasteiger charge is -2.17. The number of hydrogen-bond donors (Lipinski definition) is 2. The minimum Gasteiger partial charge on any atom is -0.384 e. The topological polar surface area (TPSA) is 85.1 Å². The van der Waals surface area contributed by atoms with Gasteiger partial charge < -0.3 is 5.73 Å². The number of nitrogens with one attached hydrogen (secondary N) is 1. The summed E-state index contributed by atoms with van der Waals surface area (Å²) in [6.07, 6.45) is 2.04. The van der Waals surface area contributed by atoms with Crippen molar-refractivity contribution in [2.24, 2.45) is 0 Å². The molecule has 0 fully saturated rings. The first-order valence-electron chi connectivity index (χ1n) is 6.31. The lowest BCUT2D eigenvalue weighted by atomic mass is 10.1. The third-order valence-corrected chi connectivity index (χ3v) is 4.44. The Kier molecular flexibility index (Phi) is 4.36. The predicted octanol–water partition coefficient (Wildman–Crippen LogP) is 2.09. The Bertz CT molecular complexity index is 672. The zero-order valence-electron chi connectivity index (χ0n) is 11.2. The predicted molar refractivity (Wildman–Crippen MR) is 78.4 cm³/mol. The maximum atomic E-state index is 12.3. The van der Waals surface area contributed by atoms with Crippen LogP contribution < -0.4 is 10.5 Å². The van der Waals surface area contributed by atoms with Gasteiger partial charge in [0.25, 0.3) is 0 Å². The zero-order chi connectivity index (χ0) is 14.6. The summed E-state index contributed by atoms with van der Waals surface area (Å²) in [5.41, 5.74) is 6.46. The van der Waals surface area contributed by atoms with Gasteiger partial charge in [0.05, 0.1) is 4.90 Å². The molecule has 2 rings (SSSR count). The molecule has 0 aliphatic rings. The molecule has 1 aromatic carbocycles. The van der Waals surface area contributed by atoms with Crippen LogP contribution in [0.15, 0.2) is 53.6 Å². The van der Waals surface area contributed by atoms with Gasteiger partial charge in [-0.1, -0.05) is 37.3 Å². The fourth-order valence-corrected chi connectivity index (χ4v) is 3.25. The molecule has 0 bridgehead atoms. The number of anilines is 1. The van der Waals surface area contributed by atoms with E-state index >= 15 is 0 Å². The minimum absolute atomic E-state index is 0.124. The fraction of sp³-hybridized carbons (Fsp3) is 0.214. The van der Waals surface area contributed by atoms with Crippen molar-refractivity contribution in [2.75, 3.05) is 5.73 Å². The van der Waals surface area contributed by atoms with E-state index in [4.69, 9.17) is 5.73 Å². The van der Waals surface area contributed by atoms with E-state index < -0.39 is 10.0 Å². The number of aromatic nitrogens is 1. The molecule has 0 radical (unpaired) electrons. The van der Waals surface area contributed by atoms with E-state index in [0.717, 1.165) is 5.56 Å². The maximum absolute atomic E-state index is 12.3. The quantitative estimate of drug-likeness (QED) is 0.883. The highest BCUT2D eigenvalue weighted by Crippen LogP contribution is 2.20. The van der Waals surface area contributed by atoms with Gasteiger partial charge in [0.1, 0.15) is 5.82 Å². The van der Waals surface area contributed by atoms with Crippen molar-refractivity contribution in [1.29, 1.82) is 0 Å². The lowest BCUT2D eigenvalue weighted by Crippen LogP contribution is -2.28. The van der Waals surface area contributed by atoms with E-state index in [-0.39, 0.29) is 16.8 Å². The van der Waals surface area contributed by atoms with Crippen molar-refractivity contribution in [2.45, 2.75) is 24.3 Å². The van der Waals surface area contributed by atoms with E-state index in [1.165, 1.54) is 18.3 Å². The molecule has 20 heavy (non-hydrogen) atoms. The van der Waals surface area contributed by atoms with Gasteiger partial charge in [-0.05, 0) is 18.1 Å². The summed E-state index contributed by atoms with van der Waals surface area (Å²) < 4.78 is 27.4. The molecule has 1 aromatic heterocycles. The average molecular weight is 291 g/mol. The van der Waals surface area contributed by atoms with Crippen molar-refractivity contribution in [3.63, 3.8) is 0 Å². The molecule has 2 aromatic rings. The highest BCUT2D eigenvalue weighted by molar-refractivity contribution is 7.89. The molecule has 3 N–H and O–H groups in total. The molecule has 0 saturated carbocycles. The Balaban J connectivity index is 2.27. The Labute approximate surface area is 118 Å². The van der Waals surface area contributed by atoms with Crippen molar-refractivity contribution >= 4 is 15.8 Å². The third kappa shape index (κ3) is 3.34. The van der Waals surface area contributed by atoms with Crippen molar-refractivity contribution in [3.05, 3.63) is 54.2 Å². The van der Waals surface area contributed by atoms with Gasteiger partial charge in [-0.25, -0.2) is 18.1 Å². The van der Waals surface area contributed by atoms with Crippen LogP contribution in [0.4, 0.5) is 5.82 Å². The largest absolute Gasteiger partial charge is 0.384 e. The normalized spacial score (nSPS) is 13.1. The molecular formula is C14H17N3O2S. The molecule has 106 valence electrons. The molecule has 0 aliphatic heterocycles. The number of nitrogens with zero attached hydrogens (tertiary/aromatic N) is 1. The fourth-order valence-electron chi connectivity index (χ4n) is 1.92. The van der Waals surface area contributed by atoms with Gasteiger partial charge in [0, 0.05) is 18.3 Å². The van der Waals surface area contributed by atoms with Crippen molar-refractivity contribution < 1.29 is 8.42 Å². The first kappa shape index (κ1) is 14.5. The molecule has 0 amide bonds. The van der Waals surface area contributed by atoms with E-state index in [9.17, 15) is 8.42 Å². The SMILES string of the molecule is CCC(NS(=O)(=O)c1ccnc(N)c1)c1ccccc1. The summed E-state index contributed by atoms with van der Waals surface area (Å²) in [4.78, 5) is 3.92. The van der Waals surface area contributed by atoms with Gasteiger partial charge >= 0.3 is 0 Å². The molecule has 0 saturated heterocycles. The maximum Gasteiger partial charge on any atom is 0.241 e.